The Balaban J connectivity index is 2.30. The molecule has 7 nitrogen and oxygen atoms in total. The molecule has 2 heterocycles. The largest absolute Gasteiger partial charge is 0.444 e. The molecule has 0 atom stereocenters. The molecule has 0 unspecified atom stereocenters. The average Bonchev–Trinajstić information content (AvgIpc) is 2.88. The zero-order valence-electron chi connectivity index (χ0n) is 14.6. The van der Waals surface area contributed by atoms with E-state index < -0.39 is 30.0 Å². The highest BCUT2D eigenvalue weighted by molar-refractivity contribution is 7.17. The number of alkyl halides is 3. The van der Waals surface area contributed by atoms with Crippen LogP contribution < -0.4 is 10.9 Å². The fraction of sp³-hybridized carbons (Fsp3) is 0.375. The highest BCUT2D eigenvalue weighted by atomic mass is 32.1. The summed E-state index contributed by atoms with van der Waals surface area (Å²) in [5, 5.41) is 2.43. The zero-order chi connectivity index (χ0) is 20.4. The maximum Gasteiger partial charge on any atom is 0.413 e. The minimum Gasteiger partial charge on any atom is -0.444 e. The van der Waals surface area contributed by atoms with E-state index in [0.29, 0.717) is 10.9 Å². The van der Waals surface area contributed by atoms with E-state index >= 15 is 0 Å². The van der Waals surface area contributed by atoms with Crippen molar-refractivity contribution in [3.8, 4) is 11.3 Å². The van der Waals surface area contributed by atoms with Gasteiger partial charge in [-0.3, -0.25) is 14.9 Å². The van der Waals surface area contributed by atoms with Gasteiger partial charge in [0, 0.05) is 17.8 Å². The van der Waals surface area contributed by atoms with E-state index in [1.54, 1.807) is 20.8 Å². The number of pyridine rings is 1. The number of nitrogens with zero attached hydrogens (tertiary/aromatic N) is 2. The molecule has 11 heteroatoms. The number of carbonyl (C=O) groups excluding carboxylic acids is 2. The van der Waals surface area contributed by atoms with E-state index in [9.17, 15) is 27.6 Å². The molecular weight excluding hydrogens is 387 g/mol. The molecule has 2 aromatic heterocycles. The van der Waals surface area contributed by atoms with Crippen molar-refractivity contribution in [2.45, 2.75) is 39.1 Å². The number of aromatic nitrogens is 2. The summed E-state index contributed by atoms with van der Waals surface area (Å²) in [5.41, 5.74) is -1.39. The Morgan fingerprint density at radius 3 is 2.56 bits per heavy atom. The third kappa shape index (κ3) is 5.91. The minimum atomic E-state index is -4.54. The maximum absolute atomic E-state index is 12.4. The molecule has 0 aliphatic rings. The lowest BCUT2D eigenvalue weighted by atomic mass is 10.2. The molecule has 2 aromatic rings. The second kappa shape index (κ2) is 7.51. The van der Waals surface area contributed by atoms with Gasteiger partial charge in [-0.05, 0) is 26.8 Å². The highest BCUT2D eigenvalue weighted by Gasteiger charge is 2.28. The van der Waals surface area contributed by atoms with Gasteiger partial charge in [0.05, 0.1) is 10.6 Å². The van der Waals surface area contributed by atoms with Crippen molar-refractivity contribution in [1.82, 2.24) is 9.55 Å². The number of nitrogens with one attached hydrogen (secondary N) is 1. The van der Waals surface area contributed by atoms with Crippen molar-refractivity contribution >= 4 is 28.8 Å². The second-order valence-electron chi connectivity index (χ2n) is 6.47. The number of ether oxygens (including phenoxy) is 1. The Labute approximate surface area is 155 Å². The summed E-state index contributed by atoms with van der Waals surface area (Å²) in [6.45, 7) is 3.60. The molecule has 0 saturated heterocycles. The van der Waals surface area contributed by atoms with E-state index in [4.69, 9.17) is 4.74 Å². The van der Waals surface area contributed by atoms with E-state index in [-0.39, 0.29) is 21.3 Å². The molecule has 0 aliphatic carbocycles. The molecule has 146 valence electrons. The predicted molar refractivity (Wildman–Crippen MR) is 93.1 cm³/mol. The van der Waals surface area contributed by atoms with Crippen LogP contribution in [0.25, 0.3) is 11.3 Å². The van der Waals surface area contributed by atoms with Crippen LogP contribution in [0.4, 0.5) is 23.1 Å². The zero-order valence-corrected chi connectivity index (χ0v) is 15.4. The summed E-state index contributed by atoms with van der Waals surface area (Å²) >= 11 is 0.849. The van der Waals surface area contributed by atoms with Crippen LogP contribution in [0, 0.1) is 0 Å². The van der Waals surface area contributed by atoms with Crippen LogP contribution in [0.5, 0.6) is 0 Å². The quantitative estimate of drug-likeness (QED) is 0.787. The van der Waals surface area contributed by atoms with Gasteiger partial charge in [-0.15, -0.1) is 0 Å². The molecule has 0 fully saturated rings. The van der Waals surface area contributed by atoms with E-state index in [0.717, 1.165) is 23.6 Å². The summed E-state index contributed by atoms with van der Waals surface area (Å²) in [6, 6.07) is 2.19. The number of anilines is 1. The Morgan fingerprint density at radius 1 is 1.37 bits per heavy atom. The van der Waals surface area contributed by atoms with Crippen molar-refractivity contribution in [2.75, 3.05) is 5.32 Å². The molecule has 27 heavy (non-hydrogen) atoms. The summed E-state index contributed by atoms with van der Waals surface area (Å²) < 4.78 is 42.9. The van der Waals surface area contributed by atoms with Gasteiger partial charge in [0.15, 0.2) is 11.4 Å². The lowest BCUT2D eigenvalue weighted by Crippen LogP contribution is -2.27. The molecule has 1 amide bonds. The first kappa shape index (κ1) is 20.6. The van der Waals surface area contributed by atoms with Crippen molar-refractivity contribution in [3.63, 3.8) is 0 Å². The number of carbonyl (C=O) groups is 2. The van der Waals surface area contributed by atoms with Crippen LogP contribution in [-0.2, 0) is 11.3 Å². The topological polar surface area (TPSA) is 90.3 Å². The van der Waals surface area contributed by atoms with Gasteiger partial charge in [0.25, 0.3) is 5.56 Å². The maximum atomic E-state index is 12.4. The summed E-state index contributed by atoms with van der Waals surface area (Å²) in [6.07, 6.45) is -3.86. The van der Waals surface area contributed by atoms with E-state index in [2.05, 4.69) is 10.3 Å². The Hall–Kier alpha value is -2.69. The third-order valence-electron chi connectivity index (χ3n) is 2.99. The standard InChI is InChI=1S/C16H16F3N3O4S/c1-15(2,3)26-14(25)21-13-20-12(10(7-23)27-13)9-4-5-22(11(24)6-9)8-16(17,18)19/h4-7H,8H2,1-3H3,(H,20,21,25). The lowest BCUT2D eigenvalue weighted by Gasteiger charge is -2.18. The van der Waals surface area contributed by atoms with E-state index in [1.807, 2.05) is 0 Å². The van der Waals surface area contributed by atoms with Gasteiger partial charge >= 0.3 is 12.3 Å². The van der Waals surface area contributed by atoms with Gasteiger partial charge in [-0.25, -0.2) is 9.78 Å². The average molecular weight is 403 g/mol. The van der Waals surface area contributed by atoms with Gasteiger partial charge in [-0.1, -0.05) is 11.3 Å². The normalized spacial score (nSPS) is 11.9. The molecular formula is C16H16F3N3O4S. The SMILES string of the molecule is CC(C)(C)OC(=O)Nc1nc(-c2ccn(CC(F)(F)F)c(=O)c2)c(C=O)s1. The molecule has 2 rings (SSSR count). The third-order valence-corrected chi connectivity index (χ3v) is 3.88. The number of hydrogen-bond acceptors (Lipinski definition) is 6. The number of rotatable bonds is 4. The predicted octanol–water partition coefficient (Wildman–Crippen LogP) is 3.69. The van der Waals surface area contributed by atoms with Crippen LogP contribution in [0.2, 0.25) is 0 Å². The van der Waals surface area contributed by atoms with Crippen LogP contribution in [0.3, 0.4) is 0 Å². The smallest absolute Gasteiger partial charge is 0.413 e. The van der Waals surface area contributed by atoms with Gasteiger partial charge in [0.1, 0.15) is 12.1 Å². The van der Waals surface area contributed by atoms with Crippen molar-refractivity contribution in [2.24, 2.45) is 0 Å². The van der Waals surface area contributed by atoms with Crippen molar-refractivity contribution in [1.29, 1.82) is 0 Å². The number of amides is 1. The minimum absolute atomic E-state index is 0.0563. The Bertz CT molecular complexity index is 913. The molecule has 0 aliphatic heterocycles. The summed E-state index contributed by atoms with van der Waals surface area (Å²) in [5.74, 6) is 0. The summed E-state index contributed by atoms with van der Waals surface area (Å²) in [4.78, 5) is 39.1. The second-order valence-corrected chi connectivity index (χ2v) is 7.50. The molecule has 0 spiro atoms. The highest BCUT2D eigenvalue weighted by Crippen LogP contribution is 2.29. The number of hydrogen-bond donors (Lipinski definition) is 1. The van der Waals surface area contributed by atoms with Crippen LogP contribution in [-0.4, -0.2) is 33.7 Å². The molecule has 0 radical (unpaired) electrons. The van der Waals surface area contributed by atoms with Crippen molar-refractivity contribution in [3.05, 3.63) is 33.6 Å². The number of halogens is 3. The summed E-state index contributed by atoms with van der Waals surface area (Å²) in [7, 11) is 0. The number of thiazole rings is 1. The fourth-order valence-electron chi connectivity index (χ4n) is 2.04. The van der Waals surface area contributed by atoms with Gasteiger partial charge in [0.2, 0.25) is 0 Å². The fourth-order valence-corrected chi connectivity index (χ4v) is 2.83. The monoisotopic (exact) mass is 403 g/mol. The lowest BCUT2D eigenvalue weighted by molar-refractivity contribution is -0.141. The van der Waals surface area contributed by atoms with Crippen molar-refractivity contribution < 1.29 is 27.5 Å². The molecule has 1 N–H and O–H groups in total. The van der Waals surface area contributed by atoms with Crippen LogP contribution >= 0.6 is 11.3 Å². The first-order valence-electron chi connectivity index (χ1n) is 7.61. The first-order chi connectivity index (χ1) is 12.4. The van der Waals surface area contributed by atoms with Crippen LogP contribution in [0.15, 0.2) is 23.1 Å². The first-order valence-corrected chi connectivity index (χ1v) is 8.43. The van der Waals surface area contributed by atoms with Crippen LogP contribution in [0.1, 0.15) is 30.4 Å². The Kier molecular flexibility index (Phi) is 5.73. The van der Waals surface area contributed by atoms with Gasteiger partial charge in [-0.2, -0.15) is 13.2 Å². The van der Waals surface area contributed by atoms with E-state index in [1.165, 1.54) is 6.07 Å². The number of aldehydes is 1. The van der Waals surface area contributed by atoms with Gasteiger partial charge < -0.3 is 9.30 Å². The Morgan fingerprint density at radius 2 is 2.04 bits per heavy atom. The molecule has 0 saturated carbocycles. The molecule has 0 aromatic carbocycles. The molecule has 0 bridgehead atoms.